The van der Waals surface area contributed by atoms with Crippen LogP contribution in [-0.2, 0) is 17.8 Å². The summed E-state index contributed by atoms with van der Waals surface area (Å²) in [6, 6.07) is 17.1. The minimum absolute atomic E-state index is 0.0746. The van der Waals surface area contributed by atoms with Gasteiger partial charge in [0.05, 0.1) is 5.56 Å². The van der Waals surface area contributed by atoms with Crippen LogP contribution in [0.5, 0.6) is 0 Å². The highest BCUT2D eigenvalue weighted by Gasteiger charge is 2.08. The molecule has 0 fully saturated rings. The van der Waals surface area contributed by atoms with Gasteiger partial charge in [-0.05, 0) is 36.6 Å². The van der Waals surface area contributed by atoms with Gasteiger partial charge in [-0.15, -0.1) is 0 Å². The first-order valence-electron chi connectivity index (χ1n) is 6.71. The fourth-order valence-corrected chi connectivity index (χ4v) is 2.00. The Bertz CT molecular complexity index is 564. The van der Waals surface area contributed by atoms with E-state index < -0.39 is 0 Å². The third kappa shape index (κ3) is 4.21. The van der Waals surface area contributed by atoms with Crippen molar-refractivity contribution in [2.45, 2.75) is 26.0 Å². The molecule has 0 saturated carbocycles. The molecule has 1 atom stereocenters. The summed E-state index contributed by atoms with van der Waals surface area (Å²) in [6.07, 6.45) is 0.750. The van der Waals surface area contributed by atoms with E-state index in [1.165, 1.54) is 0 Å². The summed E-state index contributed by atoms with van der Waals surface area (Å²) in [5.41, 5.74) is 8.37. The number of hydrogen-bond donors (Lipinski definition) is 1. The summed E-state index contributed by atoms with van der Waals surface area (Å²) in [5.74, 6) is -0.305. The van der Waals surface area contributed by atoms with Crippen LogP contribution >= 0.6 is 0 Å². The van der Waals surface area contributed by atoms with Crippen molar-refractivity contribution in [3.8, 4) is 0 Å². The number of hydrogen-bond acceptors (Lipinski definition) is 3. The normalized spacial score (nSPS) is 11.9. The second-order valence-electron chi connectivity index (χ2n) is 4.94. The maximum atomic E-state index is 12.0. The van der Waals surface area contributed by atoms with Crippen LogP contribution in [0.25, 0.3) is 0 Å². The Kier molecular flexibility index (Phi) is 4.91. The fraction of sp³-hybridized carbons (Fsp3) is 0.235. The average Bonchev–Trinajstić information content (AvgIpc) is 2.45. The Morgan fingerprint density at radius 3 is 2.50 bits per heavy atom. The molecule has 2 N–H and O–H groups in total. The van der Waals surface area contributed by atoms with Crippen molar-refractivity contribution in [2.75, 3.05) is 0 Å². The minimum Gasteiger partial charge on any atom is -0.457 e. The quantitative estimate of drug-likeness (QED) is 0.849. The molecule has 0 aliphatic heterocycles. The Balaban J connectivity index is 1.98. The average molecular weight is 269 g/mol. The Morgan fingerprint density at radius 1 is 1.10 bits per heavy atom. The molecule has 0 unspecified atom stereocenters. The molecule has 0 aromatic heterocycles. The number of nitrogens with two attached hydrogens (primary N) is 1. The van der Waals surface area contributed by atoms with Crippen molar-refractivity contribution in [3.63, 3.8) is 0 Å². The van der Waals surface area contributed by atoms with Crippen LogP contribution in [0.1, 0.15) is 28.4 Å². The van der Waals surface area contributed by atoms with Gasteiger partial charge in [-0.3, -0.25) is 0 Å². The van der Waals surface area contributed by atoms with Gasteiger partial charge in [0, 0.05) is 6.04 Å². The molecule has 2 aromatic rings. The first-order valence-corrected chi connectivity index (χ1v) is 6.71. The number of carbonyl (C=O) groups excluding carboxylic acids is 1. The Hall–Kier alpha value is -2.13. The summed E-state index contributed by atoms with van der Waals surface area (Å²) in [6.45, 7) is 2.23. The number of carbonyl (C=O) groups is 1. The standard InChI is InChI=1S/C17H19NO2/c1-13(18)10-15-8-5-9-16(11-15)17(19)20-12-14-6-3-2-4-7-14/h2-9,11,13H,10,12,18H2,1H3/t13-/m1/s1. The first-order chi connectivity index (χ1) is 9.65. The molecule has 0 spiro atoms. The van der Waals surface area contributed by atoms with Crippen molar-refractivity contribution in [1.29, 1.82) is 0 Å². The zero-order valence-electron chi connectivity index (χ0n) is 11.6. The molecule has 0 saturated heterocycles. The molecule has 0 aliphatic carbocycles. The first kappa shape index (κ1) is 14.3. The van der Waals surface area contributed by atoms with Crippen LogP contribution in [0.4, 0.5) is 0 Å². The second kappa shape index (κ2) is 6.87. The van der Waals surface area contributed by atoms with Crippen LogP contribution in [0, 0.1) is 0 Å². The summed E-state index contributed by atoms with van der Waals surface area (Å²) in [4.78, 5) is 12.0. The SMILES string of the molecule is C[C@@H](N)Cc1cccc(C(=O)OCc2ccccc2)c1. The summed E-state index contributed by atoms with van der Waals surface area (Å²) >= 11 is 0. The molecule has 3 heteroatoms. The lowest BCUT2D eigenvalue weighted by Crippen LogP contribution is -2.18. The molecule has 0 amide bonds. The third-order valence-corrected chi connectivity index (χ3v) is 2.93. The van der Waals surface area contributed by atoms with Gasteiger partial charge < -0.3 is 10.5 Å². The molecule has 0 aliphatic rings. The molecular weight excluding hydrogens is 250 g/mol. The Morgan fingerprint density at radius 2 is 1.80 bits per heavy atom. The van der Waals surface area contributed by atoms with Gasteiger partial charge in [-0.2, -0.15) is 0 Å². The van der Waals surface area contributed by atoms with Gasteiger partial charge in [-0.25, -0.2) is 4.79 Å². The van der Waals surface area contributed by atoms with E-state index in [-0.39, 0.29) is 18.6 Å². The molecule has 2 aromatic carbocycles. The van der Waals surface area contributed by atoms with Gasteiger partial charge in [-0.1, -0.05) is 42.5 Å². The predicted octanol–water partition coefficient (Wildman–Crippen LogP) is 2.93. The lowest BCUT2D eigenvalue weighted by atomic mass is 10.0. The highest BCUT2D eigenvalue weighted by molar-refractivity contribution is 5.89. The van der Waals surface area contributed by atoms with Gasteiger partial charge in [0.25, 0.3) is 0 Å². The van der Waals surface area contributed by atoms with Crippen molar-refractivity contribution in [3.05, 3.63) is 71.3 Å². The van der Waals surface area contributed by atoms with Crippen LogP contribution in [0.3, 0.4) is 0 Å². The summed E-state index contributed by atoms with van der Waals surface area (Å²) in [5, 5.41) is 0. The molecule has 20 heavy (non-hydrogen) atoms. The highest BCUT2D eigenvalue weighted by atomic mass is 16.5. The molecule has 3 nitrogen and oxygen atoms in total. The number of benzene rings is 2. The Labute approximate surface area is 119 Å². The van der Waals surface area contributed by atoms with E-state index in [2.05, 4.69) is 0 Å². The van der Waals surface area contributed by atoms with Crippen LogP contribution in [0.2, 0.25) is 0 Å². The third-order valence-electron chi connectivity index (χ3n) is 2.93. The van der Waals surface area contributed by atoms with Gasteiger partial charge >= 0.3 is 5.97 Å². The largest absolute Gasteiger partial charge is 0.457 e. The van der Waals surface area contributed by atoms with E-state index in [9.17, 15) is 4.79 Å². The van der Waals surface area contributed by atoms with Crippen molar-refractivity contribution in [2.24, 2.45) is 5.73 Å². The molecule has 0 bridgehead atoms. The maximum absolute atomic E-state index is 12.0. The number of ether oxygens (including phenoxy) is 1. The lowest BCUT2D eigenvalue weighted by molar-refractivity contribution is 0.0472. The van der Waals surface area contributed by atoms with E-state index in [1.54, 1.807) is 6.07 Å². The summed E-state index contributed by atoms with van der Waals surface area (Å²) in [7, 11) is 0. The molecule has 0 radical (unpaired) electrons. The van der Waals surface area contributed by atoms with Crippen molar-refractivity contribution in [1.82, 2.24) is 0 Å². The molecular formula is C17H19NO2. The zero-order chi connectivity index (χ0) is 14.4. The van der Waals surface area contributed by atoms with Gasteiger partial charge in [0.2, 0.25) is 0 Å². The van der Waals surface area contributed by atoms with Crippen LogP contribution in [0.15, 0.2) is 54.6 Å². The monoisotopic (exact) mass is 269 g/mol. The fourth-order valence-electron chi connectivity index (χ4n) is 2.00. The maximum Gasteiger partial charge on any atom is 0.338 e. The number of rotatable bonds is 5. The van der Waals surface area contributed by atoms with Crippen molar-refractivity contribution >= 4 is 5.97 Å². The lowest BCUT2D eigenvalue weighted by Gasteiger charge is -2.08. The van der Waals surface area contributed by atoms with E-state index in [0.29, 0.717) is 5.56 Å². The van der Waals surface area contributed by atoms with Crippen molar-refractivity contribution < 1.29 is 9.53 Å². The second-order valence-corrected chi connectivity index (χ2v) is 4.94. The smallest absolute Gasteiger partial charge is 0.338 e. The summed E-state index contributed by atoms with van der Waals surface area (Å²) < 4.78 is 5.30. The van der Waals surface area contributed by atoms with Gasteiger partial charge in [0.1, 0.15) is 6.61 Å². The molecule has 0 heterocycles. The zero-order valence-corrected chi connectivity index (χ0v) is 11.6. The minimum atomic E-state index is -0.305. The van der Waals surface area contributed by atoms with E-state index in [0.717, 1.165) is 17.5 Å². The van der Waals surface area contributed by atoms with Gasteiger partial charge in [0.15, 0.2) is 0 Å². The van der Waals surface area contributed by atoms with Crippen LogP contribution < -0.4 is 5.73 Å². The van der Waals surface area contributed by atoms with E-state index >= 15 is 0 Å². The predicted molar refractivity (Wildman–Crippen MR) is 79.4 cm³/mol. The highest BCUT2D eigenvalue weighted by Crippen LogP contribution is 2.10. The number of esters is 1. The van der Waals surface area contributed by atoms with E-state index in [1.807, 2.05) is 55.5 Å². The van der Waals surface area contributed by atoms with E-state index in [4.69, 9.17) is 10.5 Å². The molecule has 2 rings (SSSR count). The molecule has 104 valence electrons. The topological polar surface area (TPSA) is 52.3 Å². The van der Waals surface area contributed by atoms with Crippen LogP contribution in [-0.4, -0.2) is 12.0 Å².